The smallest absolute Gasteiger partial charge is 0.253 e. The number of piperazine rings is 1. The van der Waals surface area contributed by atoms with E-state index in [1.807, 2.05) is 13.0 Å². The van der Waals surface area contributed by atoms with E-state index in [0.29, 0.717) is 50.3 Å². The molecule has 1 amide bonds. The molecule has 10 heteroatoms. The number of sulfone groups is 1. The molecule has 0 spiro atoms. The highest BCUT2D eigenvalue weighted by atomic mass is 32.2. The molecule has 1 aromatic carbocycles. The molecule has 8 nitrogen and oxygen atoms in total. The van der Waals surface area contributed by atoms with Gasteiger partial charge in [-0.2, -0.15) is 0 Å². The van der Waals surface area contributed by atoms with E-state index < -0.39 is 19.9 Å². The van der Waals surface area contributed by atoms with Gasteiger partial charge in [0, 0.05) is 43.8 Å². The highest BCUT2D eigenvalue weighted by Gasteiger charge is 2.35. The summed E-state index contributed by atoms with van der Waals surface area (Å²) in [5.74, 6) is 0.423. The number of carbonyl (C=O) groups excluding carboxylic acids is 1. The average molecular weight is 442 g/mol. The summed E-state index contributed by atoms with van der Waals surface area (Å²) in [7, 11) is -6.26. The minimum atomic E-state index is -3.35. The third-order valence-electron chi connectivity index (χ3n) is 6.16. The van der Waals surface area contributed by atoms with Crippen molar-refractivity contribution in [3.8, 4) is 0 Å². The molecule has 4 rings (SSSR count). The van der Waals surface area contributed by atoms with Crippen LogP contribution in [0.5, 0.6) is 0 Å². The first kappa shape index (κ1) is 20.6. The highest BCUT2D eigenvalue weighted by Crippen LogP contribution is 2.35. The zero-order chi connectivity index (χ0) is 21.0. The van der Waals surface area contributed by atoms with Gasteiger partial charge in [-0.15, -0.1) is 0 Å². The molecule has 3 aliphatic heterocycles. The Balaban J connectivity index is 1.43. The number of carbonyl (C=O) groups is 1. The monoisotopic (exact) mass is 441 g/mol. The Labute approximate surface area is 172 Å². The molecule has 0 aliphatic carbocycles. The van der Waals surface area contributed by atoms with Crippen LogP contribution < -0.4 is 4.31 Å². The lowest BCUT2D eigenvalue weighted by Crippen LogP contribution is -2.52. The normalized spacial score (nSPS) is 27.2. The van der Waals surface area contributed by atoms with Gasteiger partial charge >= 0.3 is 0 Å². The summed E-state index contributed by atoms with van der Waals surface area (Å²) in [4.78, 5) is 17.0. The Bertz CT molecular complexity index is 1030. The molecular weight excluding hydrogens is 414 g/mol. The van der Waals surface area contributed by atoms with Crippen LogP contribution in [0.25, 0.3) is 0 Å². The van der Waals surface area contributed by atoms with E-state index in [9.17, 15) is 21.6 Å². The standard InChI is InChI=1S/C19H27N3O5S2/c1-14-11-16-12-15(3-4-18(16)22(14)28(2,24)25)19(23)21-8-6-20(7-9-21)17-5-10-29(26,27)13-17/h3-4,12,14,17H,5-11,13H2,1-2H3/t14-,17+/m0/s1. The van der Waals surface area contributed by atoms with Crippen LogP contribution in [0.3, 0.4) is 0 Å². The Hall–Kier alpha value is -1.65. The van der Waals surface area contributed by atoms with Gasteiger partial charge in [-0.25, -0.2) is 16.8 Å². The van der Waals surface area contributed by atoms with Crippen LogP contribution in [0.4, 0.5) is 5.69 Å². The van der Waals surface area contributed by atoms with Gasteiger partial charge in [0.2, 0.25) is 10.0 Å². The fourth-order valence-corrected chi connectivity index (χ4v) is 7.80. The number of fused-ring (bicyclic) bond motifs is 1. The molecule has 3 aliphatic rings. The molecule has 1 aromatic rings. The fraction of sp³-hybridized carbons (Fsp3) is 0.632. The van der Waals surface area contributed by atoms with Crippen LogP contribution in [0, 0.1) is 0 Å². The minimum absolute atomic E-state index is 0.0584. The van der Waals surface area contributed by atoms with E-state index in [0.717, 1.165) is 5.56 Å². The zero-order valence-electron chi connectivity index (χ0n) is 16.7. The Morgan fingerprint density at radius 3 is 2.41 bits per heavy atom. The van der Waals surface area contributed by atoms with Crippen molar-refractivity contribution in [2.24, 2.45) is 0 Å². The van der Waals surface area contributed by atoms with Crippen LogP contribution >= 0.6 is 0 Å². The van der Waals surface area contributed by atoms with Crippen LogP contribution in [0.15, 0.2) is 18.2 Å². The first-order valence-electron chi connectivity index (χ1n) is 9.91. The van der Waals surface area contributed by atoms with Crippen LogP contribution in [-0.2, 0) is 26.3 Å². The number of anilines is 1. The largest absolute Gasteiger partial charge is 0.336 e. The van der Waals surface area contributed by atoms with E-state index >= 15 is 0 Å². The van der Waals surface area contributed by atoms with E-state index in [1.54, 1.807) is 17.0 Å². The molecule has 0 bridgehead atoms. The topological polar surface area (TPSA) is 95.1 Å². The van der Waals surface area contributed by atoms with E-state index in [4.69, 9.17) is 0 Å². The molecule has 2 saturated heterocycles. The first-order chi connectivity index (χ1) is 13.5. The lowest BCUT2D eigenvalue weighted by atomic mass is 10.1. The minimum Gasteiger partial charge on any atom is -0.336 e. The van der Waals surface area contributed by atoms with E-state index in [2.05, 4.69) is 4.90 Å². The van der Waals surface area contributed by atoms with Crippen molar-refractivity contribution in [2.45, 2.75) is 31.8 Å². The van der Waals surface area contributed by atoms with Crippen LogP contribution in [-0.4, -0.2) is 88.6 Å². The quantitative estimate of drug-likeness (QED) is 0.671. The van der Waals surface area contributed by atoms with Crippen molar-refractivity contribution < 1.29 is 21.6 Å². The van der Waals surface area contributed by atoms with Crippen molar-refractivity contribution in [1.82, 2.24) is 9.80 Å². The van der Waals surface area contributed by atoms with Gasteiger partial charge in [0.1, 0.15) is 0 Å². The van der Waals surface area contributed by atoms with Gasteiger partial charge in [-0.3, -0.25) is 14.0 Å². The summed E-state index contributed by atoms with van der Waals surface area (Å²) in [6, 6.07) is 5.16. The molecule has 29 heavy (non-hydrogen) atoms. The molecule has 2 atom stereocenters. The predicted molar refractivity (Wildman–Crippen MR) is 111 cm³/mol. The first-order valence-corrected chi connectivity index (χ1v) is 13.6. The number of hydrogen-bond acceptors (Lipinski definition) is 6. The molecule has 0 radical (unpaired) electrons. The zero-order valence-corrected chi connectivity index (χ0v) is 18.4. The maximum atomic E-state index is 13.0. The summed E-state index contributed by atoms with van der Waals surface area (Å²) >= 11 is 0. The maximum absolute atomic E-state index is 13.0. The molecule has 0 saturated carbocycles. The molecular formula is C19H27N3O5S2. The summed E-state index contributed by atoms with van der Waals surface area (Å²) in [5, 5.41) is 0. The Morgan fingerprint density at radius 2 is 1.83 bits per heavy atom. The van der Waals surface area contributed by atoms with Crippen molar-refractivity contribution in [2.75, 3.05) is 48.2 Å². The van der Waals surface area contributed by atoms with Crippen molar-refractivity contribution in [3.05, 3.63) is 29.3 Å². The molecule has 160 valence electrons. The number of amides is 1. The SMILES string of the molecule is C[C@H]1Cc2cc(C(=O)N3CCN([C@@H]4CCS(=O)(=O)C4)CC3)ccc2N1S(C)(=O)=O. The van der Waals surface area contributed by atoms with E-state index in [-0.39, 0.29) is 29.5 Å². The molecule has 0 N–H and O–H groups in total. The number of hydrogen-bond donors (Lipinski definition) is 0. The Kier molecular flexibility index (Phi) is 5.15. The van der Waals surface area contributed by atoms with Crippen LogP contribution in [0.2, 0.25) is 0 Å². The second-order valence-corrected chi connectivity index (χ2v) is 12.4. The van der Waals surface area contributed by atoms with Gasteiger partial charge in [-0.05, 0) is 43.5 Å². The third-order valence-corrected chi connectivity index (χ3v) is 9.18. The second kappa shape index (κ2) is 7.24. The summed E-state index contributed by atoms with van der Waals surface area (Å²) in [6.07, 6.45) is 2.47. The van der Waals surface area contributed by atoms with Crippen molar-refractivity contribution in [1.29, 1.82) is 0 Å². The average Bonchev–Trinajstić information content (AvgIpc) is 3.18. The molecule has 2 fully saturated rings. The van der Waals surface area contributed by atoms with Crippen molar-refractivity contribution >= 4 is 31.5 Å². The highest BCUT2D eigenvalue weighted by molar-refractivity contribution is 7.92. The van der Waals surface area contributed by atoms with Crippen LogP contribution in [0.1, 0.15) is 29.3 Å². The number of nitrogens with zero attached hydrogens (tertiary/aromatic N) is 3. The number of rotatable bonds is 3. The lowest BCUT2D eigenvalue weighted by molar-refractivity contribution is 0.0587. The molecule has 0 unspecified atom stereocenters. The third kappa shape index (κ3) is 4.02. The van der Waals surface area contributed by atoms with E-state index in [1.165, 1.54) is 10.6 Å². The summed E-state index contributed by atoms with van der Waals surface area (Å²) in [5.41, 5.74) is 2.11. The number of sulfonamides is 1. The predicted octanol–water partition coefficient (Wildman–Crippen LogP) is 0.342. The molecule has 0 aromatic heterocycles. The van der Waals surface area contributed by atoms with Gasteiger partial charge in [0.05, 0.1) is 23.4 Å². The summed E-state index contributed by atoms with van der Waals surface area (Å²) < 4.78 is 49.0. The van der Waals surface area contributed by atoms with Gasteiger partial charge in [0.25, 0.3) is 5.91 Å². The maximum Gasteiger partial charge on any atom is 0.253 e. The summed E-state index contributed by atoms with van der Waals surface area (Å²) in [6.45, 7) is 4.35. The van der Waals surface area contributed by atoms with Gasteiger partial charge < -0.3 is 4.90 Å². The van der Waals surface area contributed by atoms with Gasteiger partial charge in [-0.1, -0.05) is 0 Å². The second-order valence-electron chi connectivity index (χ2n) is 8.34. The lowest BCUT2D eigenvalue weighted by Gasteiger charge is -2.37. The fourth-order valence-electron chi connectivity index (χ4n) is 4.78. The van der Waals surface area contributed by atoms with Crippen molar-refractivity contribution in [3.63, 3.8) is 0 Å². The number of benzene rings is 1. The molecule has 3 heterocycles. The Morgan fingerprint density at radius 1 is 1.14 bits per heavy atom. The van der Waals surface area contributed by atoms with Gasteiger partial charge in [0.15, 0.2) is 9.84 Å².